The number of hydrogen-bond donors (Lipinski definition) is 3. The third-order valence-corrected chi connectivity index (χ3v) is 4.42. The van der Waals surface area contributed by atoms with Crippen LogP contribution in [0.2, 0.25) is 0 Å². The molecule has 3 N–H and O–H groups in total. The van der Waals surface area contributed by atoms with Crippen LogP contribution in [-0.2, 0) is 25.7 Å². The Kier molecular flexibility index (Phi) is 10.5. The number of methoxy groups -OCH3 is 1. The lowest BCUT2D eigenvalue weighted by atomic mass is 10.1. The maximum atomic E-state index is 12.2. The van der Waals surface area contributed by atoms with Crippen molar-refractivity contribution in [1.29, 1.82) is 0 Å². The van der Waals surface area contributed by atoms with E-state index in [1.54, 1.807) is 6.08 Å². The minimum absolute atomic E-state index is 0.0978. The first-order valence-corrected chi connectivity index (χ1v) is 10.2. The monoisotopic (exact) mass is 440 g/mol. The standard InChI is InChI=1S/C24H28N2O6/c1-31-23(29)21(14-8-13-18-9-4-2-5-10-18)26-22(28)15-20(27)16-25-24(30)32-17-19-11-6-3-7-12-19/h2-13,20-21,27H,14-17H2,1H3,(H,25,30)(H,26,28)/b13-8+/t20-,21+/m0/s1. The van der Waals surface area contributed by atoms with Gasteiger partial charge in [0.1, 0.15) is 12.6 Å². The van der Waals surface area contributed by atoms with Crippen LogP contribution in [0.25, 0.3) is 6.08 Å². The lowest BCUT2D eigenvalue weighted by Crippen LogP contribution is -2.43. The molecule has 2 atom stereocenters. The molecule has 8 nitrogen and oxygen atoms in total. The fraction of sp³-hybridized carbons (Fsp3) is 0.292. The van der Waals surface area contributed by atoms with Crippen molar-refractivity contribution in [2.75, 3.05) is 13.7 Å². The van der Waals surface area contributed by atoms with Crippen LogP contribution in [0, 0.1) is 0 Å². The van der Waals surface area contributed by atoms with Gasteiger partial charge in [0, 0.05) is 6.54 Å². The number of hydrogen-bond acceptors (Lipinski definition) is 6. The topological polar surface area (TPSA) is 114 Å². The summed E-state index contributed by atoms with van der Waals surface area (Å²) in [5.41, 5.74) is 1.79. The summed E-state index contributed by atoms with van der Waals surface area (Å²) in [5.74, 6) is -1.13. The first-order valence-electron chi connectivity index (χ1n) is 10.2. The normalized spacial score (nSPS) is 12.6. The third-order valence-electron chi connectivity index (χ3n) is 4.42. The smallest absolute Gasteiger partial charge is 0.407 e. The van der Waals surface area contributed by atoms with Gasteiger partial charge in [0.05, 0.1) is 19.6 Å². The van der Waals surface area contributed by atoms with Gasteiger partial charge in [-0.2, -0.15) is 0 Å². The zero-order valence-electron chi connectivity index (χ0n) is 17.9. The summed E-state index contributed by atoms with van der Waals surface area (Å²) in [6.07, 6.45) is 1.69. The molecule has 2 aromatic rings. The average molecular weight is 440 g/mol. The highest BCUT2D eigenvalue weighted by atomic mass is 16.5. The van der Waals surface area contributed by atoms with Crippen molar-refractivity contribution in [2.45, 2.75) is 31.6 Å². The molecular formula is C24H28N2O6. The van der Waals surface area contributed by atoms with E-state index in [9.17, 15) is 19.5 Å². The van der Waals surface area contributed by atoms with Crippen molar-refractivity contribution in [3.63, 3.8) is 0 Å². The number of aliphatic hydroxyl groups excluding tert-OH is 1. The lowest BCUT2D eigenvalue weighted by molar-refractivity contribution is -0.145. The highest BCUT2D eigenvalue weighted by Crippen LogP contribution is 2.05. The van der Waals surface area contributed by atoms with E-state index in [4.69, 9.17) is 9.47 Å². The Morgan fingerprint density at radius 2 is 1.69 bits per heavy atom. The quantitative estimate of drug-likeness (QED) is 0.463. The largest absolute Gasteiger partial charge is 0.467 e. The second-order valence-electron chi connectivity index (χ2n) is 6.99. The molecule has 0 saturated heterocycles. The number of carbonyl (C=O) groups is 3. The van der Waals surface area contributed by atoms with Crippen molar-refractivity contribution in [1.82, 2.24) is 10.6 Å². The maximum Gasteiger partial charge on any atom is 0.407 e. The molecule has 0 aliphatic rings. The Labute approximate surface area is 187 Å². The van der Waals surface area contributed by atoms with Crippen LogP contribution in [0.5, 0.6) is 0 Å². The highest BCUT2D eigenvalue weighted by Gasteiger charge is 2.22. The summed E-state index contributed by atoms with van der Waals surface area (Å²) >= 11 is 0. The summed E-state index contributed by atoms with van der Waals surface area (Å²) in [4.78, 5) is 35.9. The molecule has 0 bridgehead atoms. The Morgan fingerprint density at radius 3 is 2.34 bits per heavy atom. The van der Waals surface area contributed by atoms with Gasteiger partial charge in [-0.15, -0.1) is 0 Å². The number of nitrogens with one attached hydrogen (secondary N) is 2. The van der Waals surface area contributed by atoms with E-state index in [0.29, 0.717) is 0 Å². The summed E-state index contributed by atoms with van der Waals surface area (Å²) in [7, 11) is 1.24. The van der Waals surface area contributed by atoms with Gasteiger partial charge in [-0.1, -0.05) is 72.8 Å². The Bertz CT molecular complexity index is 886. The lowest BCUT2D eigenvalue weighted by Gasteiger charge is -2.17. The van der Waals surface area contributed by atoms with Gasteiger partial charge in [0.2, 0.25) is 5.91 Å². The van der Waals surface area contributed by atoms with Crippen LogP contribution in [-0.4, -0.2) is 48.9 Å². The third kappa shape index (κ3) is 9.44. The van der Waals surface area contributed by atoms with Crippen molar-refractivity contribution in [3.05, 3.63) is 77.9 Å². The van der Waals surface area contributed by atoms with Crippen molar-refractivity contribution in [3.8, 4) is 0 Å². The van der Waals surface area contributed by atoms with E-state index < -0.39 is 30.1 Å². The predicted octanol–water partition coefficient (Wildman–Crippen LogP) is 2.43. The molecule has 0 heterocycles. The first kappa shape index (κ1) is 24.6. The molecule has 0 unspecified atom stereocenters. The van der Waals surface area contributed by atoms with Gasteiger partial charge < -0.3 is 25.2 Å². The fourth-order valence-corrected chi connectivity index (χ4v) is 2.78. The molecule has 0 saturated carbocycles. The Balaban J connectivity index is 1.74. The van der Waals surface area contributed by atoms with Crippen molar-refractivity contribution >= 4 is 24.0 Å². The van der Waals surface area contributed by atoms with Gasteiger partial charge >= 0.3 is 12.1 Å². The molecule has 2 amide bonds. The van der Waals surface area contributed by atoms with Crippen LogP contribution in [0.3, 0.4) is 0 Å². The van der Waals surface area contributed by atoms with Crippen molar-refractivity contribution in [2.24, 2.45) is 0 Å². The van der Waals surface area contributed by atoms with E-state index in [1.807, 2.05) is 66.7 Å². The van der Waals surface area contributed by atoms with E-state index in [1.165, 1.54) is 7.11 Å². The molecule has 0 radical (unpaired) electrons. The van der Waals surface area contributed by atoms with E-state index >= 15 is 0 Å². The number of amides is 2. The molecule has 8 heteroatoms. The highest BCUT2D eigenvalue weighted by molar-refractivity contribution is 5.84. The van der Waals surface area contributed by atoms with Gasteiger partial charge in [-0.3, -0.25) is 4.79 Å². The van der Waals surface area contributed by atoms with Crippen LogP contribution in [0.4, 0.5) is 4.79 Å². The molecule has 170 valence electrons. The maximum absolute atomic E-state index is 12.2. The summed E-state index contributed by atoms with van der Waals surface area (Å²) in [6, 6.07) is 17.8. The van der Waals surface area contributed by atoms with E-state index in [-0.39, 0.29) is 26.0 Å². The fourth-order valence-electron chi connectivity index (χ4n) is 2.78. The predicted molar refractivity (Wildman–Crippen MR) is 119 cm³/mol. The molecule has 2 rings (SSSR count). The minimum Gasteiger partial charge on any atom is -0.467 e. The van der Waals surface area contributed by atoms with Crippen molar-refractivity contribution < 1.29 is 29.0 Å². The zero-order chi connectivity index (χ0) is 23.2. The molecule has 0 aliphatic carbocycles. The molecule has 32 heavy (non-hydrogen) atoms. The second-order valence-corrected chi connectivity index (χ2v) is 6.99. The molecule has 0 fully saturated rings. The Morgan fingerprint density at radius 1 is 1.03 bits per heavy atom. The number of alkyl carbamates (subject to hydrolysis) is 1. The first-order chi connectivity index (χ1) is 15.5. The SMILES string of the molecule is COC(=O)[C@@H](C/C=C/c1ccccc1)NC(=O)C[C@H](O)CNC(=O)OCc1ccccc1. The molecule has 0 spiro atoms. The number of benzene rings is 2. The van der Waals surface area contributed by atoms with Gasteiger partial charge in [-0.05, 0) is 17.5 Å². The number of aliphatic hydroxyl groups is 1. The molecule has 2 aromatic carbocycles. The van der Waals surface area contributed by atoms with Crippen LogP contribution in [0.15, 0.2) is 66.7 Å². The number of rotatable bonds is 11. The van der Waals surface area contributed by atoms with Gasteiger partial charge in [-0.25, -0.2) is 9.59 Å². The number of esters is 1. The molecular weight excluding hydrogens is 412 g/mol. The average Bonchev–Trinajstić information content (AvgIpc) is 2.81. The summed E-state index contributed by atoms with van der Waals surface area (Å²) in [5, 5.41) is 15.0. The van der Waals surface area contributed by atoms with Gasteiger partial charge in [0.15, 0.2) is 0 Å². The van der Waals surface area contributed by atoms with Crippen LogP contribution in [0.1, 0.15) is 24.0 Å². The van der Waals surface area contributed by atoms with Crippen LogP contribution < -0.4 is 10.6 Å². The zero-order valence-corrected chi connectivity index (χ0v) is 17.9. The van der Waals surface area contributed by atoms with E-state index in [0.717, 1.165) is 11.1 Å². The molecule has 0 aromatic heterocycles. The summed E-state index contributed by atoms with van der Waals surface area (Å²) in [6.45, 7) is -0.0710. The van der Waals surface area contributed by atoms with Crippen LogP contribution >= 0.6 is 0 Å². The number of carbonyl (C=O) groups excluding carboxylic acids is 3. The molecule has 0 aliphatic heterocycles. The Hall–Kier alpha value is -3.65. The minimum atomic E-state index is -1.14. The van der Waals surface area contributed by atoms with Gasteiger partial charge in [0.25, 0.3) is 0 Å². The second kappa shape index (κ2) is 13.6. The summed E-state index contributed by atoms with van der Waals surface area (Å²) < 4.78 is 9.78. The number of ether oxygens (including phenoxy) is 2. The van der Waals surface area contributed by atoms with E-state index in [2.05, 4.69) is 10.6 Å².